The first-order chi connectivity index (χ1) is 8.06. The first kappa shape index (κ1) is 13.5. The van der Waals surface area contributed by atoms with E-state index in [1.54, 1.807) is 31.2 Å². The number of carboxylic acids is 1. The fourth-order valence-electron chi connectivity index (χ4n) is 1.58. The molecule has 0 saturated carbocycles. The highest BCUT2D eigenvalue weighted by atomic mass is 16.5. The van der Waals surface area contributed by atoms with Crippen LogP contribution < -0.4 is 4.74 Å². The van der Waals surface area contributed by atoms with Crippen LogP contribution in [-0.4, -0.2) is 22.3 Å². The molecule has 0 radical (unpaired) electrons. The molecule has 2 N–H and O–H groups in total. The first-order valence-electron chi connectivity index (χ1n) is 5.72. The van der Waals surface area contributed by atoms with E-state index in [0.29, 0.717) is 17.7 Å². The van der Waals surface area contributed by atoms with Crippen LogP contribution in [-0.2, 0) is 4.79 Å². The zero-order valence-corrected chi connectivity index (χ0v) is 10.1. The Morgan fingerprint density at radius 1 is 1.41 bits per heavy atom. The molecule has 0 aliphatic carbocycles. The highest BCUT2D eigenvalue weighted by molar-refractivity contribution is 5.72. The van der Waals surface area contributed by atoms with Crippen LogP contribution in [0.1, 0.15) is 38.4 Å². The van der Waals surface area contributed by atoms with Gasteiger partial charge < -0.3 is 14.9 Å². The molecule has 0 heterocycles. The number of hydrogen-bond donors (Lipinski definition) is 2. The summed E-state index contributed by atoms with van der Waals surface area (Å²) < 4.78 is 5.45. The van der Waals surface area contributed by atoms with Gasteiger partial charge in [0.1, 0.15) is 5.75 Å². The molecule has 17 heavy (non-hydrogen) atoms. The second-order valence-corrected chi connectivity index (χ2v) is 3.95. The lowest BCUT2D eigenvalue weighted by molar-refractivity contribution is -0.145. The van der Waals surface area contributed by atoms with Crippen molar-refractivity contribution in [3.05, 3.63) is 29.8 Å². The molecule has 4 nitrogen and oxygen atoms in total. The molecule has 4 heteroatoms. The average molecular weight is 238 g/mol. The van der Waals surface area contributed by atoms with Crippen molar-refractivity contribution in [2.24, 2.45) is 0 Å². The van der Waals surface area contributed by atoms with Crippen molar-refractivity contribution >= 4 is 5.97 Å². The van der Waals surface area contributed by atoms with Gasteiger partial charge in [0.25, 0.3) is 0 Å². The normalized spacial score (nSPS) is 14.1. The van der Waals surface area contributed by atoms with Crippen LogP contribution in [0.3, 0.4) is 0 Å². The van der Waals surface area contributed by atoms with E-state index < -0.39 is 18.2 Å². The van der Waals surface area contributed by atoms with Gasteiger partial charge in [-0.05, 0) is 19.4 Å². The third-order valence-electron chi connectivity index (χ3n) is 2.46. The second-order valence-electron chi connectivity index (χ2n) is 3.95. The van der Waals surface area contributed by atoms with E-state index in [-0.39, 0.29) is 0 Å². The summed E-state index contributed by atoms with van der Waals surface area (Å²) in [5.74, 6) is -0.546. The van der Waals surface area contributed by atoms with E-state index in [1.165, 1.54) is 0 Å². The fraction of sp³-hybridized carbons (Fsp3) is 0.462. The number of aliphatic hydroxyl groups excluding tert-OH is 1. The van der Waals surface area contributed by atoms with Gasteiger partial charge in [-0.15, -0.1) is 0 Å². The van der Waals surface area contributed by atoms with E-state index in [0.717, 1.165) is 6.42 Å². The maximum Gasteiger partial charge on any atom is 0.344 e. The number of ether oxygens (including phenoxy) is 1. The van der Waals surface area contributed by atoms with Crippen molar-refractivity contribution in [1.82, 2.24) is 0 Å². The molecule has 1 unspecified atom stereocenters. The van der Waals surface area contributed by atoms with Crippen LogP contribution in [0.25, 0.3) is 0 Å². The molecular formula is C13H18O4. The van der Waals surface area contributed by atoms with E-state index in [4.69, 9.17) is 9.84 Å². The largest absolute Gasteiger partial charge is 0.479 e. The zero-order valence-electron chi connectivity index (χ0n) is 10.1. The SMILES string of the molecule is CCCC(Oc1ccccc1[C@H](C)O)C(=O)O. The molecule has 0 bridgehead atoms. The number of carbonyl (C=O) groups is 1. The summed E-state index contributed by atoms with van der Waals surface area (Å²) in [7, 11) is 0. The van der Waals surface area contributed by atoms with Gasteiger partial charge in [0.05, 0.1) is 6.10 Å². The lowest BCUT2D eigenvalue weighted by Gasteiger charge is -2.18. The van der Waals surface area contributed by atoms with Gasteiger partial charge in [-0.3, -0.25) is 0 Å². The van der Waals surface area contributed by atoms with Gasteiger partial charge in [0.2, 0.25) is 0 Å². The summed E-state index contributed by atoms with van der Waals surface area (Å²) in [6.07, 6.45) is -0.362. The summed E-state index contributed by atoms with van der Waals surface area (Å²) in [5.41, 5.74) is 0.606. The predicted octanol–water partition coefficient (Wildman–Crippen LogP) is 2.37. The highest BCUT2D eigenvalue weighted by Crippen LogP contribution is 2.26. The predicted molar refractivity (Wildman–Crippen MR) is 64.0 cm³/mol. The number of benzene rings is 1. The van der Waals surface area contributed by atoms with Crippen molar-refractivity contribution in [3.8, 4) is 5.75 Å². The van der Waals surface area contributed by atoms with Crippen molar-refractivity contribution in [1.29, 1.82) is 0 Å². The monoisotopic (exact) mass is 238 g/mol. The van der Waals surface area contributed by atoms with Crippen molar-refractivity contribution in [2.45, 2.75) is 38.9 Å². The standard InChI is InChI=1S/C13H18O4/c1-3-6-12(13(15)16)17-11-8-5-4-7-10(11)9(2)14/h4-5,7-9,12,14H,3,6H2,1-2H3,(H,15,16)/t9-,12?/m0/s1. The Morgan fingerprint density at radius 3 is 2.59 bits per heavy atom. The van der Waals surface area contributed by atoms with Gasteiger partial charge in [-0.2, -0.15) is 0 Å². The molecule has 0 spiro atoms. The number of para-hydroxylation sites is 1. The Bertz CT molecular complexity index is 373. The van der Waals surface area contributed by atoms with Crippen molar-refractivity contribution < 1.29 is 19.7 Å². The van der Waals surface area contributed by atoms with Crippen LogP contribution in [0.2, 0.25) is 0 Å². The third kappa shape index (κ3) is 3.75. The van der Waals surface area contributed by atoms with Crippen LogP contribution in [0, 0.1) is 0 Å². The molecule has 0 aliphatic rings. The summed E-state index contributed by atoms with van der Waals surface area (Å²) in [6, 6.07) is 6.94. The average Bonchev–Trinajstić information content (AvgIpc) is 2.28. The number of hydrogen-bond acceptors (Lipinski definition) is 3. The van der Waals surface area contributed by atoms with Gasteiger partial charge >= 0.3 is 5.97 Å². The minimum atomic E-state index is -0.979. The van der Waals surface area contributed by atoms with E-state index in [9.17, 15) is 9.90 Å². The summed E-state index contributed by atoms with van der Waals surface area (Å²) in [5, 5.41) is 18.6. The molecular weight excluding hydrogens is 220 g/mol. The zero-order chi connectivity index (χ0) is 12.8. The van der Waals surface area contributed by atoms with E-state index in [1.807, 2.05) is 6.92 Å². The minimum Gasteiger partial charge on any atom is -0.479 e. The number of carboxylic acid groups (broad SMARTS) is 1. The molecule has 1 aromatic carbocycles. The van der Waals surface area contributed by atoms with Crippen LogP contribution in [0.5, 0.6) is 5.75 Å². The quantitative estimate of drug-likeness (QED) is 0.798. The van der Waals surface area contributed by atoms with Gasteiger partial charge in [0.15, 0.2) is 6.10 Å². The number of aliphatic hydroxyl groups is 1. The van der Waals surface area contributed by atoms with Crippen LogP contribution >= 0.6 is 0 Å². The molecule has 0 amide bonds. The van der Waals surface area contributed by atoms with Gasteiger partial charge in [-0.1, -0.05) is 31.5 Å². The summed E-state index contributed by atoms with van der Waals surface area (Å²) in [6.45, 7) is 3.53. The third-order valence-corrected chi connectivity index (χ3v) is 2.46. The summed E-state index contributed by atoms with van der Waals surface area (Å²) >= 11 is 0. The van der Waals surface area contributed by atoms with E-state index >= 15 is 0 Å². The second kappa shape index (κ2) is 6.25. The Kier molecular flexibility index (Phi) is 4.97. The van der Waals surface area contributed by atoms with Crippen LogP contribution in [0.4, 0.5) is 0 Å². The molecule has 1 rings (SSSR count). The number of aliphatic carboxylic acids is 1. The molecule has 94 valence electrons. The summed E-state index contributed by atoms with van der Waals surface area (Å²) in [4.78, 5) is 11.0. The Balaban J connectivity index is 2.88. The molecule has 0 aromatic heterocycles. The molecule has 0 saturated heterocycles. The molecule has 0 fully saturated rings. The molecule has 0 aliphatic heterocycles. The topological polar surface area (TPSA) is 66.8 Å². The lowest BCUT2D eigenvalue weighted by Crippen LogP contribution is -2.27. The number of rotatable bonds is 6. The smallest absolute Gasteiger partial charge is 0.344 e. The first-order valence-corrected chi connectivity index (χ1v) is 5.72. The Morgan fingerprint density at radius 2 is 2.06 bits per heavy atom. The van der Waals surface area contributed by atoms with Crippen molar-refractivity contribution in [3.63, 3.8) is 0 Å². The maximum absolute atomic E-state index is 11.0. The van der Waals surface area contributed by atoms with Crippen molar-refractivity contribution in [2.75, 3.05) is 0 Å². The van der Waals surface area contributed by atoms with Gasteiger partial charge in [0, 0.05) is 5.56 Å². The molecule has 2 atom stereocenters. The Labute approximate surface area is 101 Å². The fourth-order valence-corrected chi connectivity index (χ4v) is 1.58. The highest BCUT2D eigenvalue weighted by Gasteiger charge is 2.20. The van der Waals surface area contributed by atoms with E-state index in [2.05, 4.69) is 0 Å². The maximum atomic E-state index is 11.0. The molecule has 1 aromatic rings. The van der Waals surface area contributed by atoms with Gasteiger partial charge in [-0.25, -0.2) is 4.79 Å². The van der Waals surface area contributed by atoms with Crippen LogP contribution in [0.15, 0.2) is 24.3 Å². The minimum absolute atomic E-state index is 0.434. The Hall–Kier alpha value is -1.55. The lowest BCUT2D eigenvalue weighted by atomic mass is 10.1.